The fourth-order valence-electron chi connectivity index (χ4n) is 2.48. The molecule has 124 valence electrons. The summed E-state index contributed by atoms with van der Waals surface area (Å²) in [5.74, 6) is -0.831. The van der Waals surface area contributed by atoms with Crippen molar-refractivity contribution in [3.05, 3.63) is 24.3 Å². The van der Waals surface area contributed by atoms with Gasteiger partial charge in [-0.3, -0.25) is 19.8 Å². The molecule has 3 amide bonds. The largest absolute Gasteiger partial charge is 0.497 e. The van der Waals surface area contributed by atoms with Crippen LogP contribution in [0.1, 0.15) is 12.8 Å². The molecule has 1 atom stereocenters. The van der Waals surface area contributed by atoms with Gasteiger partial charge in [0, 0.05) is 5.69 Å². The van der Waals surface area contributed by atoms with Crippen LogP contribution in [0.4, 0.5) is 10.5 Å². The second-order valence-electron chi connectivity index (χ2n) is 5.20. The van der Waals surface area contributed by atoms with E-state index in [1.165, 1.54) is 7.11 Å². The average Bonchev–Trinajstić information content (AvgIpc) is 2.96. The number of methoxy groups -OCH3 is 1. The highest BCUT2D eigenvalue weighted by Crippen LogP contribution is 2.17. The zero-order valence-corrected chi connectivity index (χ0v) is 12.7. The molecule has 1 aliphatic rings. The molecule has 1 aromatic carbocycles. The lowest BCUT2D eigenvalue weighted by atomic mass is 10.2. The molecule has 8 heteroatoms. The second kappa shape index (κ2) is 7.59. The summed E-state index contributed by atoms with van der Waals surface area (Å²) in [7, 11) is 1.54. The maximum absolute atomic E-state index is 11.8. The quantitative estimate of drug-likeness (QED) is 0.743. The van der Waals surface area contributed by atoms with Crippen LogP contribution in [-0.4, -0.2) is 54.2 Å². The highest BCUT2D eigenvalue weighted by Gasteiger charge is 2.31. The molecular formula is C15H19N3O5. The van der Waals surface area contributed by atoms with Crippen molar-refractivity contribution in [1.29, 1.82) is 0 Å². The van der Waals surface area contributed by atoms with Crippen LogP contribution in [0.5, 0.6) is 5.75 Å². The number of benzene rings is 1. The van der Waals surface area contributed by atoms with Crippen molar-refractivity contribution < 1.29 is 24.2 Å². The summed E-state index contributed by atoms with van der Waals surface area (Å²) in [5.41, 5.74) is 0.515. The summed E-state index contributed by atoms with van der Waals surface area (Å²) in [5, 5.41) is 13.8. The molecule has 23 heavy (non-hydrogen) atoms. The van der Waals surface area contributed by atoms with Crippen molar-refractivity contribution in [3.8, 4) is 5.75 Å². The fraction of sp³-hybridized carbons (Fsp3) is 0.400. The van der Waals surface area contributed by atoms with Crippen LogP contribution < -0.4 is 15.4 Å². The molecule has 1 heterocycles. The molecule has 1 unspecified atom stereocenters. The minimum Gasteiger partial charge on any atom is -0.497 e. The van der Waals surface area contributed by atoms with Gasteiger partial charge in [0.15, 0.2) is 0 Å². The second-order valence-corrected chi connectivity index (χ2v) is 5.20. The van der Waals surface area contributed by atoms with Crippen LogP contribution in [0.25, 0.3) is 0 Å². The number of nitrogens with one attached hydrogen (secondary N) is 2. The zero-order chi connectivity index (χ0) is 16.8. The third-order valence-electron chi connectivity index (χ3n) is 3.60. The van der Waals surface area contributed by atoms with E-state index in [0.29, 0.717) is 24.4 Å². The third kappa shape index (κ3) is 4.68. The number of anilines is 1. The number of carbonyl (C=O) groups excluding carboxylic acids is 2. The molecular weight excluding hydrogens is 302 g/mol. The summed E-state index contributed by atoms with van der Waals surface area (Å²) in [6.45, 7) is 0.414. The van der Waals surface area contributed by atoms with Crippen LogP contribution in [0.2, 0.25) is 0 Å². The van der Waals surface area contributed by atoms with Gasteiger partial charge in [0.25, 0.3) is 0 Å². The van der Waals surface area contributed by atoms with E-state index in [9.17, 15) is 14.4 Å². The van der Waals surface area contributed by atoms with Crippen molar-refractivity contribution >= 4 is 23.6 Å². The van der Waals surface area contributed by atoms with Gasteiger partial charge in [0.2, 0.25) is 5.91 Å². The Kier molecular flexibility index (Phi) is 5.53. The molecule has 1 aliphatic heterocycles. The van der Waals surface area contributed by atoms with Gasteiger partial charge in [-0.15, -0.1) is 0 Å². The molecule has 3 N–H and O–H groups in total. The Morgan fingerprint density at radius 3 is 2.61 bits per heavy atom. The van der Waals surface area contributed by atoms with Crippen LogP contribution in [0.15, 0.2) is 24.3 Å². The van der Waals surface area contributed by atoms with Crippen molar-refractivity contribution in [3.63, 3.8) is 0 Å². The third-order valence-corrected chi connectivity index (χ3v) is 3.60. The number of aliphatic carboxylic acids is 1. The maximum atomic E-state index is 11.8. The Morgan fingerprint density at radius 1 is 1.30 bits per heavy atom. The highest BCUT2D eigenvalue weighted by molar-refractivity contribution is 6.01. The van der Waals surface area contributed by atoms with Crippen LogP contribution in [0, 0.1) is 0 Å². The smallest absolute Gasteiger partial charge is 0.325 e. The van der Waals surface area contributed by atoms with Crippen molar-refractivity contribution in [2.24, 2.45) is 0 Å². The number of hydrogen-bond acceptors (Lipinski definition) is 5. The monoisotopic (exact) mass is 321 g/mol. The van der Waals surface area contributed by atoms with Gasteiger partial charge >= 0.3 is 12.0 Å². The molecule has 8 nitrogen and oxygen atoms in total. The molecule has 0 radical (unpaired) electrons. The number of carboxylic acid groups (broad SMARTS) is 1. The number of imide groups is 1. The van der Waals surface area contributed by atoms with E-state index in [2.05, 4.69) is 10.6 Å². The summed E-state index contributed by atoms with van der Waals surface area (Å²) in [6, 6.07) is 5.32. The molecule has 1 saturated heterocycles. The van der Waals surface area contributed by atoms with E-state index < -0.39 is 23.9 Å². The van der Waals surface area contributed by atoms with E-state index in [-0.39, 0.29) is 6.54 Å². The van der Waals surface area contributed by atoms with Gasteiger partial charge in [-0.05, 0) is 43.7 Å². The Bertz CT molecular complexity index is 587. The predicted octanol–water partition coefficient (Wildman–Crippen LogP) is 0.892. The zero-order valence-electron chi connectivity index (χ0n) is 12.7. The topological polar surface area (TPSA) is 108 Å². The number of urea groups is 1. The number of amides is 3. The first-order valence-corrected chi connectivity index (χ1v) is 7.21. The minimum atomic E-state index is -0.946. The van der Waals surface area contributed by atoms with E-state index in [1.807, 2.05) is 0 Å². The lowest BCUT2D eigenvalue weighted by Gasteiger charge is -2.19. The van der Waals surface area contributed by atoms with E-state index in [0.717, 1.165) is 6.42 Å². The van der Waals surface area contributed by atoms with E-state index in [4.69, 9.17) is 9.84 Å². The number of ether oxygens (including phenoxy) is 1. The molecule has 1 fully saturated rings. The van der Waals surface area contributed by atoms with Crippen LogP contribution in [0.3, 0.4) is 0 Å². The molecule has 0 bridgehead atoms. The first-order chi connectivity index (χ1) is 11.0. The molecule has 0 aliphatic carbocycles. The van der Waals surface area contributed by atoms with E-state index >= 15 is 0 Å². The van der Waals surface area contributed by atoms with Gasteiger partial charge in [0.1, 0.15) is 11.8 Å². The predicted molar refractivity (Wildman–Crippen MR) is 82.4 cm³/mol. The standard InChI is InChI=1S/C15H19N3O5/c1-23-11-6-4-10(5-7-11)16-15(22)17-13(19)9-18-8-2-3-12(18)14(20)21/h4-7,12H,2-3,8-9H2,1H3,(H,20,21)(H2,16,17,19,22). The highest BCUT2D eigenvalue weighted by atomic mass is 16.5. The van der Waals surface area contributed by atoms with Crippen molar-refractivity contribution in [2.75, 3.05) is 25.5 Å². The summed E-state index contributed by atoms with van der Waals surface area (Å²) < 4.78 is 5.01. The molecule has 0 saturated carbocycles. The van der Waals surface area contributed by atoms with Gasteiger partial charge in [0.05, 0.1) is 13.7 Å². The molecule has 1 aromatic rings. The van der Waals surface area contributed by atoms with Gasteiger partial charge < -0.3 is 15.2 Å². The summed E-state index contributed by atoms with van der Waals surface area (Å²) in [6.07, 6.45) is 1.24. The minimum absolute atomic E-state index is 0.118. The number of carboxylic acids is 1. The lowest BCUT2D eigenvalue weighted by Crippen LogP contribution is -2.45. The molecule has 2 rings (SSSR count). The Labute approximate surface area is 133 Å². The normalized spacial score (nSPS) is 17.5. The number of rotatable bonds is 5. The van der Waals surface area contributed by atoms with Gasteiger partial charge in [-0.1, -0.05) is 0 Å². The number of carbonyl (C=O) groups is 3. The van der Waals surface area contributed by atoms with Crippen molar-refractivity contribution in [2.45, 2.75) is 18.9 Å². The SMILES string of the molecule is COc1ccc(NC(=O)NC(=O)CN2CCCC2C(=O)O)cc1. The number of hydrogen-bond donors (Lipinski definition) is 3. The number of nitrogens with zero attached hydrogens (tertiary/aromatic N) is 1. The Balaban J connectivity index is 1.82. The first-order valence-electron chi connectivity index (χ1n) is 7.21. The maximum Gasteiger partial charge on any atom is 0.325 e. The fourth-order valence-corrected chi connectivity index (χ4v) is 2.48. The first kappa shape index (κ1) is 16.8. The molecule has 0 aromatic heterocycles. The Morgan fingerprint density at radius 2 is 2.00 bits per heavy atom. The summed E-state index contributed by atoms with van der Waals surface area (Å²) in [4.78, 5) is 36.2. The number of likely N-dealkylation sites (tertiary alicyclic amines) is 1. The Hall–Kier alpha value is -2.61. The van der Waals surface area contributed by atoms with Gasteiger partial charge in [-0.2, -0.15) is 0 Å². The average molecular weight is 321 g/mol. The van der Waals surface area contributed by atoms with E-state index in [1.54, 1.807) is 29.2 Å². The van der Waals surface area contributed by atoms with Gasteiger partial charge in [-0.25, -0.2) is 4.79 Å². The molecule has 0 spiro atoms. The lowest BCUT2D eigenvalue weighted by molar-refractivity contribution is -0.142. The van der Waals surface area contributed by atoms with Crippen molar-refractivity contribution in [1.82, 2.24) is 10.2 Å². The van der Waals surface area contributed by atoms with Crippen LogP contribution >= 0.6 is 0 Å². The summed E-state index contributed by atoms with van der Waals surface area (Å²) >= 11 is 0. The van der Waals surface area contributed by atoms with Crippen LogP contribution in [-0.2, 0) is 9.59 Å².